The van der Waals surface area contributed by atoms with Gasteiger partial charge in [-0.25, -0.2) is 0 Å². The Kier molecular flexibility index (Phi) is 3.52. The van der Waals surface area contributed by atoms with Crippen LogP contribution in [0.5, 0.6) is 0 Å². The topological polar surface area (TPSA) is 12.0 Å². The highest BCUT2D eigenvalue weighted by atomic mass is 14.9. The monoisotopic (exact) mass is 265 g/mol. The highest BCUT2D eigenvalue weighted by Crippen LogP contribution is 2.50. The van der Waals surface area contributed by atoms with Crippen LogP contribution in [0.2, 0.25) is 0 Å². The Morgan fingerprint density at radius 3 is 1.65 bits per heavy atom. The number of hydrogen-bond acceptors (Lipinski definition) is 1. The summed E-state index contributed by atoms with van der Waals surface area (Å²) in [6.45, 7) is 4.59. The van der Waals surface area contributed by atoms with Gasteiger partial charge in [-0.05, 0) is 36.1 Å². The summed E-state index contributed by atoms with van der Waals surface area (Å²) in [7, 11) is 0. The van der Waals surface area contributed by atoms with Crippen LogP contribution in [-0.4, -0.2) is 0 Å². The first-order chi connectivity index (χ1) is 9.81. The molecule has 104 valence electrons. The van der Waals surface area contributed by atoms with Crippen LogP contribution >= 0.6 is 0 Å². The zero-order valence-electron chi connectivity index (χ0n) is 12.4. The zero-order valence-corrected chi connectivity index (χ0v) is 12.4. The third-order valence-corrected chi connectivity index (χ3v) is 4.51. The molecule has 1 N–H and O–H groups in total. The van der Waals surface area contributed by atoms with Crippen molar-refractivity contribution in [2.24, 2.45) is 0 Å². The average Bonchev–Trinajstić information content (AvgIpc) is 2.48. The number of rotatable bonds is 4. The van der Waals surface area contributed by atoms with Crippen LogP contribution in [0.3, 0.4) is 0 Å². The van der Waals surface area contributed by atoms with E-state index in [-0.39, 0.29) is 5.41 Å². The maximum Gasteiger partial charge on any atom is 0.0426 e. The molecule has 3 rings (SSSR count). The number of para-hydroxylation sites is 2. The maximum absolute atomic E-state index is 3.61. The van der Waals surface area contributed by atoms with Crippen molar-refractivity contribution in [2.45, 2.75) is 44.9 Å². The van der Waals surface area contributed by atoms with Gasteiger partial charge in [0.2, 0.25) is 0 Å². The molecule has 0 saturated heterocycles. The Hall–Kier alpha value is -1.76. The molecule has 0 aliphatic carbocycles. The summed E-state index contributed by atoms with van der Waals surface area (Å²) in [5.74, 6) is 0. The third kappa shape index (κ3) is 1.93. The molecular formula is C19H23N. The van der Waals surface area contributed by atoms with Crippen molar-refractivity contribution >= 4 is 11.4 Å². The lowest BCUT2D eigenvalue weighted by Gasteiger charge is -2.41. The molecule has 0 saturated carbocycles. The van der Waals surface area contributed by atoms with Crippen molar-refractivity contribution in [2.75, 3.05) is 5.32 Å². The lowest BCUT2D eigenvalue weighted by Crippen LogP contribution is -2.32. The molecule has 0 spiro atoms. The van der Waals surface area contributed by atoms with Gasteiger partial charge in [-0.3, -0.25) is 0 Å². The predicted octanol–water partition coefficient (Wildman–Crippen LogP) is 5.63. The fraction of sp³-hybridized carbons (Fsp3) is 0.368. The van der Waals surface area contributed by atoms with Crippen molar-refractivity contribution in [3.05, 3.63) is 59.7 Å². The molecule has 0 unspecified atom stereocenters. The first kappa shape index (κ1) is 13.2. The number of nitrogens with one attached hydrogen (secondary N) is 1. The molecule has 0 radical (unpaired) electrons. The molecule has 0 amide bonds. The van der Waals surface area contributed by atoms with Gasteiger partial charge in [0.1, 0.15) is 0 Å². The molecule has 0 aromatic heterocycles. The van der Waals surface area contributed by atoms with Crippen LogP contribution in [0.25, 0.3) is 0 Å². The van der Waals surface area contributed by atoms with Crippen molar-refractivity contribution in [3.63, 3.8) is 0 Å². The molecule has 2 aromatic rings. The SMILES string of the molecule is CCCC1(CCC)c2ccccc2Nc2ccccc21. The summed E-state index contributed by atoms with van der Waals surface area (Å²) in [6.07, 6.45) is 4.86. The van der Waals surface area contributed by atoms with Crippen LogP contribution in [0.4, 0.5) is 11.4 Å². The first-order valence-electron chi connectivity index (χ1n) is 7.78. The van der Waals surface area contributed by atoms with Crippen molar-refractivity contribution in [1.29, 1.82) is 0 Å². The second-order valence-electron chi connectivity index (χ2n) is 5.80. The van der Waals surface area contributed by atoms with E-state index in [9.17, 15) is 0 Å². The van der Waals surface area contributed by atoms with Crippen LogP contribution in [0.1, 0.15) is 50.7 Å². The first-order valence-corrected chi connectivity index (χ1v) is 7.78. The summed E-state index contributed by atoms with van der Waals surface area (Å²) in [6, 6.07) is 17.7. The normalized spacial score (nSPS) is 15.1. The van der Waals surface area contributed by atoms with E-state index in [1.54, 1.807) is 0 Å². The molecule has 0 fully saturated rings. The molecular weight excluding hydrogens is 242 g/mol. The lowest BCUT2D eigenvalue weighted by atomic mass is 9.66. The van der Waals surface area contributed by atoms with Gasteiger partial charge in [0, 0.05) is 16.8 Å². The van der Waals surface area contributed by atoms with E-state index in [0.717, 1.165) is 0 Å². The largest absolute Gasteiger partial charge is 0.355 e. The Balaban J connectivity index is 2.25. The van der Waals surface area contributed by atoms with Gasteiger partial charge in [-0.2, -0.15) is 0 Å². The van der Waals surface area contributed by atoms with E-state index in [1.807, 2.05) is 0 Å². The lowest BCUT2D eigenvalue weighted by molar-refractivity contribution is 0.425. The number of hydrogen-bond donors (Lipinski definition) is 1. The quantitative estimate of drug-likeness (QED) is 0.755. The molecule has 0 bridgehead atoms. The van der Waals surface area contributed by atoms with E-state index in [1.165, 1.54) is 48.2 Å². The molecule has 1 aliphatic heterocycles. The van der Waals surface area contributed by atoms with Crippen molar-refractivity contribution in [3.8, 4) is 0 Å². The minimum atomic E-state index is 0.182. The van der Waals surface area contributed by atoms with Crippen LogP contribution < -0.4 is 5.32 Å². The molecule has 0 atom stereocenters. The molecule has 1 aliphatic rings. The van der Waals surface area contributed by atoms with Crippen LogP contribution in [0.15, 0.2) is 48.5 Å². The number of anilines is 2. The standard InChI is InChI=1S/C19H23N/c1-3-13-19(14-4-2)15-9-5-7-11-17(15)20-18-12-8-6-10-16(18)19/h5-12,20H,3-4,13-14H2,1-2H3. The number of fused-ring (bicyclic) bond motifs is 2. The minimum Gasteiger partial charge on any atom is -0.355 e. The van der Waals surface area contributed by atoms with Gasteiger partial charge in [0.25, 0.3) is 0 Å². The van der Waals surface area contributed by atoms with E-state index in [0.29, 0.717) is 0 Å². The van der Waals surface area contributed by atoms with Gasteiger partial charge >= 0.3 is 0 Å². The Morgan fingerprint density at radius 1 is 0.750 bits per heavy atom. The Bertz CT molecular complexity index is 547. The summed E-state index contributed by atoms with van der Waals surface area (Å²) in [5, 5.41) is 3.61. The fourth-order valence-corrected chi connectivity index (χ4v) is 3.83. The minimum absolute atomic E-state index is 0.182. The van der Waals surface area contributed by atoms with Crippen LogP contribution in [0, 0.1) is 0 Å². The molecule has 1 nitrogen and oxygen atoms in total. The van der Waals surface area contributed by atoms with Gasteiger partial charge in [0.05, 0.1) is 0 Å². The molecule has 1 heteroatoms. The van der Waals surface area contributed by atoms with E-state index in [4.69, 9.17) is 0 Å². The Labute approximate surface area is 122 Å². The predicted molar refractivity (Wildman–Crippen MR) is 86.8 cm³/mol. The highest BCUT2D eigenvalue weighted by molar-refractivity contribution is 5.75. The van der Waals surface area contributed by atoms with Gasteiger partial charge in [0.15, 0.2) is 0 Å². The fourth-order valence-electron chi connectivity index (χ4n) is 3.83. The van der Waals surface area contributed by atoms with Gasteiger partial charge in [-0.1, -0.05) is 63.1 Å². The van der Waals surface area contributed by atoms with E-state index in [2.05, 4.69) is 67.7 Å². The molecule has 2 aromatic carbocycles. The average molecular weight is 265 g/mol. The van der Waals surface area contributed by atoms with E-state index < -0.39 is 0 Å². The van der Waals surface area contributed by atoms with Crippen LogP contribution in [-0.2, 0) is 5.41 Å². The molecule has 20 heavy (non-hydrogen) atoms. The van der Waals surface area contributed by atoms with E-state index >= 15 is 0 Å². The second kappa shape index (κ2) is 5.32. The van der Waals surface area contributed by atoms with Crippen molar-refractivity contribution < 1.29 is 0 Å². The highest BCUT2D eigenvalue weighted by Gasteiger charge is 2.38. The summed E-state index contributed by atoms with van der Waals surface area (Å²) in [5.41, 5.74) is 5.70. The molecule has 1 heterocycles. The zero-order chi connectivity index (χ0) is 14.0. The summed E-state index contributed by atoms with van der Waals surface area (Å²) >= 11 is 0. The third-order valence-electron chi connectivity index (χ3n) is 4.51. The Morgan fingerprint density at radius 2 is 1.20 bits per heavy atom. The smallest absolute Gasteiger partial charge is 0.0426 e. The van der Waals surface area contributed by atoms with Crippen molar-refractivity contribution in [1.82, 2.24) is 0 Å². The maximum atomic E-state index is 3.61. The summed E-state index contributed by atoms with van der Waals surface area (Å²) in [4.78, 5) is 0. The second-order valence-corrected chi connectivity index (χ2v) is 5.80. The van der Waals surface area contributed by atoms with Gasteiger partial charge < -0.3 is 5.32 Å². The van der Waals surface area contributed by atoms with Gasteiger partial charge in [-0.15, -0.1) is 0 Å². The summed E-state index contributed by atoms with van der Waals surface area (Å²) < 4.78 is 0. The number of benzene rings is 2.